The molecular weight excluding hydrogens is 422 g/mol. The van der Waals surface area contributed by atoms with Gasteiger partial charge in [-0.3, -0.25) is 9.69 Å². The van der Waals surface area contributed by atoms with E-state index in [2.05, 4.69) is 15.9 Å². The van der Waals surface area contributed by atoms with Crippen LogP contribution in [0, 0.1) is 0 Å². The number of amides is 1. The molecule has 1 aliphatic rings. The van der Waals surface area contributed by atoms with Gasteiger partial charge in [0.15, 0.2) is 0 Å². The molecule has 1 heterocycles. The summed E-state index contributed by atoms with van der Waals surface area (Å²) in [6.07, 6.45) is 3.82. The molecule has 0 aliphatic carbocycles. The maximum Gasteiger partial charge on any atom is 0.262 e. The molecule has 4 heteroatoms. The molecule has 0 saturated carbocycles. The SMILES string of the molecule is O=C1C(=Cc2ccc(Cl)cc2)C=C(c2ccccc2)N1c1ccccc1Br. The first kappa shape index (κ1) is 17.8. The van der Waals surface area contributed by atoms with E-state index in [1.54, 1.807) is 4.90 Å². The number of rotatable bonds is 3. The molecule has 0 unspecified atom stereocenters. The average Bonchev–Trinajstić information content (AvgIpc) is 3.01. The van der Waals surface area contributed by atoms with E-state index < -0.39 is 0 Å². The Hall–Kier alpha value is -2.62. The Morgan fingerprint density at radius 1 is 0.852 bits per heavy atom. The summed E-state index contributed by atoms with van der Waals surface area (Å²) in [4.78, 5) is 15.0. The number of nitrogens with zero attached hydrogens (tertiary/aromatic N) is 1. The van der Waals surface area contributed by atoms with Crippen molar-refractivity contribution in [1.82, 2.24) is 0 Å². The molecule has 2 nitrogen and oxygen atoms in total. The highest BCUT2D eigenvalue weighted by atomic mass is 79.9. The number of carbonyl (C=O) groups excluding carboxylic acids is 1. The highest BCUT2D eigenvalue weighted by Gasteiger charge is 2.31. The first-order valence-electron chi connectivity index (χ1n) is 8.47. The van der Waals surface area contributed by atoms with Gasteiger partial charge < -0.3 is 0 Å². The molecule has 27 heavy (non-hydrogen) atoms. The molecule has 3 aromatic carbocycles. The van der Waals surface area contributed by atoms with Gasteiger partial charge in [0.2, 0.25) is 0 Å². The van der Waals surface area contributed by atoms with Gasteiger partial charge in [0.05, 0.1) is 11.4 Å². The summed E-state index contributed by atoms with van der Waals surface area (Å²) in [5.74, 6) is -0.0595. The summed E-state index contributed by atoms with van der Waals surface area (Å²) in [6.45, 7) is 0. The molecule has 132 valence electrons. The van der Waals surface area contributed by atoms with E-state index in [1.165, 1.54) is 0 Å². The second kappa shape index (κ2) is 7.55. The fraction of sp³-hybridized carbons (Fsp3) is 0. The zero-order valence-electron chi connectivity index (χ0n) is 14.3. The van der Waals surface area contributed by atoms with E-state index in [9.17, 15) is 4.79 Å². The van der Waals surface area contributed by atoms with Crippen molar-refractivity contribution in [2.24, 2.45) is 0 Å². The monoisotopic (exact) mass is 435 g/mol. The molecule has 0 atom stereocenters. The minimum atomic E-state index is -0.0595. The van der Waals surface area contributed by atoms with Gasteiger partial charge in [0.25, 0.3) is 5.91 Å². The van der Waals surface area contributed by atoms with Crippen LogP contribution in [0.15, 0.2) is 95.0 Å². The molecular formula is C23H15BrClNO. The number of carbonyl (C=O) groups is 1. The van der Waals surface area contributed by atoms with Gasteiger partial charge in [-0.15, -0.1) is 0 Å². The van der Waals surface area contributed by atoms with Crippen molar-refractivity contribution in [3.05, 3.63) is 111 Å². The quantitative estimate of drug-likeness (QED) is 0.425. The van der Waals surface area contributed by atoms with Crippen LogP contribution in [0.5, 0.6) is 0 Å². The summed E-state index contributed by atoms with van der Waals surface area (Å²) in [7, 11) is 0. The van der Waals surface area contributed by atoms with Crippen LogP contribution in [0.25, 0.3) is 11.8 Å². The second-order valence-electron chi connectivity index (χ2n) is 6.14. The normalized spacial score (nSPS) is 15.3. The van der Waals surface area contributed by atoms with E-state index in [0.29, 0.717) is 10.6 Å². The number of anilines is 1. The van der Waals surface area contributed by atoms with E-state index in [0.717, 1.165) is 27.0 Å². The Bertz CT molecular complexity index is 1060. The van der Waals surface area contributed by atoms with Crippen molar-refractivity contribution in [3.8, 4) is 0 Å². The fourth-order valence-corrected chi connectivity index (χ4v) is 3.64. The maximum absolute atomic E-state index is 13.3. The van der Waals surface area contributed by atoms with Gasteiger partial charge in [-0.25, -0.2) is 0 Å². The molecule has 0 bridgehead atoms. The predicted molar refractivity (Wildman–Crippen MR) is 115 cm³/mol. The van der Waals surface area contributed by atoms with E-state index in [-0.39, 0.29) is 5.91 Å². The van der Waals surface area contributed by atoms with Crippen molar-refractivity contribution >= 4 is 50.9 Å². The zero-order chi connectivity index (χ0) is 18.8. The lowest BCUT2D eigenvalue weighted by Gasteiger charge is -2.22. The third kappa shape index (κ3) is 3.61. The third-order valence-corrected chi connectivity index (χ3v) is 5.26. The molecule has 0 saturated heterocycles. The largest absolute Gasteiger partial charge is 0.275 e. The summed E-state index contributed by atoms with van der Waals surface area (Å²) in [6, 6.07) is 25.1. The molecule has 0 fully saturated rings. The Morgan fingerprint density at radius 3 is 2.22 bits per heavy atom. The van der Waals surface area contributed by atoms with Crippen molar-refractivity contribution in [2.45, 2.75) is 0 Å². The molecule has 1 aliphatic heterocycles. The first-order valence-corrected chi connectivity index (χ1v) is 9.64. The summed E-state index contributed by atoms with van der Waals surface area (Å²) < 4.78 is 0.868. The van der Waals surface area contributed by atoms with Gasteiger partial charge in [-0.1, -0.05) is 66.2 Å². The Labute approximate surface area is 171 Å². The highest BCUT2D eigenvalue weighted by Crippen LogP contribution is 2.38. The van der Waals surface area contributed by atoms with Crippen LogP contribution in [0.1, 0.15) is 11.1 Å². The molecule has 0 spiro atoms. The smallest absolute Gasteiger partial charge is 0.262 e. The van der Waals surface area contributed by atoms with E-state index >= 15 is 0 Å². The van der Waals surface area contributed by atoms with Crippen LogP contribution in [0.2, 0.25) is 5.02 Å². The average molecular weight is 437 g/mol. The standard InChI is InChI=1S/C23H15BrClNO/c24-20-8-4-5-9-21(20)26-22(17-6-2-1-3-7-17)15-18(23(26)27)14-16-10-12-19(25)13-11-16/h1-15H. The lowest BCUT2D eigenvalue weighted by atomic mass is 10.1. The fourth-order valence-electron chi connectivity index (χ4n) is 3.05. The predicted octanol–water partition coefficient (Wildman–Crippen LogP) is 6.57. The molecule has 0 aromatic heterocycles. The first-order chi connectivity index (χ1) is 13.1. The Morgan fingerprint density at radius 2 is 1.52 bits per heavy atom. The van der Waals surface area contributed by atoms with E-state index in [1.807, 2.05) is 91.0 Å². The van der Waals surface area contributed by atoms with Crippen molar-refractivity contribution in [2.75, 3.05) is 4.90 Å². The molecule has 3 aromatic rings. The topological polar surface area (TPSA) is 20.3 Å². The van der Waals surface area contributed by atoms with Gasteiger partial charge >= 0.3 is 0 Å². The van der Waals surface area contributed by atoms with Crippen LogP contribution in [-0.2, 0) is 4.79 Å². The lowest BCUT2D eigenvalue weighted by Crippen LogP contribution is -2.25. The summed E-state index contributed by atoms with van der Waals surface area (Å²) in [5.41, 5.74) is 4.22. The molecule has 4 rings (SSSR count). The summed E-state index contributed by atoms with van der Waals surface area (Å²) >= 11 is 9.54. The Kier molecular flexibility index (Phi) is 4.97. The van der Waals surface area contributed by atoms with Crippen LogP contribution >= 0.6 is 27.5 Å². The van der Waals surface area contributed by atoms with Crippen LogP contribution < -0.4 is 4.90 Å². The number of benzene rings is 3. The highest BCUT2D eigenvalue weighted by molar-refractivity contribution is 9.10. The van der Waals surface area contributed by atoms with Gasteiger partial charge in [-0.05, 0) is 63.5 Å². The van der Waals surface area contributed by atoms with Gasteiger partial charge in [0.1, 0.15) is 0 Å². The molecule has 1 amide bonds. The minimum Gasteiger partial charge on any atom is -0.275 e. The molecule has 0 radical (unpaired) electrons. The molecule has 0 N–H and O–H groups in total. The zero-order valence-corrected chi connectivity index (χ0v) is 16.6. The van der Waals surface area contributed by atoms with Crippen LogP contribution in [0.4, 0.5) is 5.69 Å². The Balaban J connectivity index is 1.84. The third-order valence-electron chi connectivity index (χ3n) is 4.34. The lowest BCUT2D eigenvalue weighted by molar-refractivity contribution is -0.113. The van der Waals surface area contributed by atoms with Gasteiger partial charge in [-0.2, -0.15) is 0 Å². The minimum absolute atomic E-state index is 0.0595. The maximum atomic E-state index is 13.3. The van der Waals surface area contributed by atoms with Gasteiger partial charge in [0, 0.05) is 15.1 Å². The van der Waals surface area contributed by atoms with Crippen LogP contribution in [-0.4, -0.2) is 5.91 Å². The van der Waals surface area contributed by atoms with Crippen LogP contribution in [0.3, 0.4) is 0 Å². The number of para-hydroxylation sites is 1. The summed E-state index contributed by atoms with van der Waals surface area (Å²) in [5, 5.41) is 0.672. The number of hydrogen-bond acceptors (Lipinski definition) is 1. The number of halogens is 2. The van der Waals surface area contributed by atoms with Crippen molar-refractivity contribution in [3.63, 3.8) is 0 Å². The van der Waals surface area contributed by atoms with E-state index in [4.69, 9.17) is 11.6 Å². The van der Waals surface area contributed by atoms with Crippen molar-refractivity contribution < 1.29 is 4.79 Å². The van der Waals surface area contributed by atoms with Crippen molar-refractivity contribution in [1.29, 1.82) is 0 Å². The number of hydrogen-bond donors (Lipinski definition) is 0. The second-order valence-corrected chi connectivity index (χ2v) is 7.43.